The summed E-state index contributed by atoms with van der Waals surface area (Å²) < 4.78 is 27.6. The molecule has 0 radical (unpaired) electrons. The van der Waals surface area contributed by atoms with Gasteiger partial charge in [0.15, 0.2) is 0 Å². The van der Waals surface area contributed by atoms with Gasteiger partial charge in [-0.3, -0.25) is 14.8 Å². The fourth-order valence-corrected chi connectivity index (χ4v) is 4.16. The highest BCUT2D eigenvalue weighted by molar-refractivity contribution is 7.92. The number of rotatable bonds is 5. The number of sulfonamides is 1. The van der Waals surface area contributed by atoms with Gasteiger partial charge < -0.3 is 9.80 Å². The van der Waals surface area contributed by atoms with Gasteiger partial charge in [-0.15, -0.1) is 0 Å². The minimum Gasteiger partial charge on any atom is -0.363 e. The smallest absolute Gasteiger partial charge is 0.293 e. The Morgan fingerprint density at radius 1 is 1.11 bits per heavy atom. The zero-order valence-electron chi connectivity index (χ0n) is 14.6. The van der Waals surface area contributed by atoms with E-state index in [9.17, 15) is 18.5 Å². The highest BCUT2D eigenvalue weighted by Gasteiger charge is 2.26. The molecule has 1 N–H and O–H groups in total. The zero-order valence-corrected chi connectivity index (χ0v) is 16.2. The predicted octanol–water partition coefficient (Wildman–Crippen LogP) is 2.80. The van der Waals surface area contributed by atoms with Gasteiger partial charge in [-0.1, -0.05) is 17.7 Å². The Bertz CT molecular complexity index is 959. The van der Waals surface area contributed by atoms with Crippen molar-refractivity contribution in [2.75, 3.05) is 42.8 Å². The molecule has 27 heavy (non-hydrogen) atoms. The maximum atomic E-state index is 12.6. The molecule has 10 heteroatoms. The van der Waals surface area contributed by atoms with E-state index in [1.54, 1.807) is 18.2 Å². The maximum absolute atomic E-state index is 12.6. The van der Waals surface area contributed by atoms with Crippen LogP contribution < -0.4 is 9.62 Å². The number of hydrogen-bond donors (Lipinski definition) is 1. The van der Waals surface area contributed by atoms with Crippen molar-refractivity contribution in [3.8, 4) is 0 Å². The lowest BCUT2D eigenvalue weighted by molar-refractivity contribution is -0.384. The molecular weight excluding hydrogens is 392 g/mol. The highest BCUT2D eigenvalue weighted by Crippen LogP contribution is 2.32. The Kier molecular flexibility index (Phi) is 5.54. The summed E-state index contributed by atoms with van der Waals surface area (Å²) in [5.41, 5.74) is 0.483. The number of halogens is 1. The van der Waals surface area contributed by atoms with Crippen molar-refractivity contribution in [3.63, 3.8) is 0 Å². The van der Waals surface area contributed by atoms with Crippen molar-refractivity contribution in [2.45, 2.75) is 4.90 Å². The van der Waals surface area contributed by atoms with Crippen LogP contribution in [0.2, 0.25) is 5.02 Å². The average molecular weight is 411 g/mol. The van der Waals surface area contributed by atoms with Crippen molar-refractivity contribution in [1.82, 2.24) is 4.90 Å². The summed E-state index contributed by atoms with van der Waals surface area (Å²) in [6.45, 7) is 2.86. The molecule has 1 aliphatic heterocycles. The average Bonchev–Trinajstić information content (AvgIpc) is 2.61. The van der Waals surface area contributed by atoms with Gasteiger partial charge in [0.2, 0.25) is 0 Å². The normalized spacial score (nSPS) is 15.6. The van der Waals surface area contributed by atoms with Crippen molar-refractivity contribution in [2.24, 2.45) is 0 Å². The van der Waals surface area contributed by atoms with E-state index in [0.717, 1.165) is 19.2 Å². The summed E-state index contributed by atoms with van der Waals surface area (Å²) in [5, 5.41) is 11.9. The predicted molar refractivity (Wildman–Crippen MR) is 105 cm³/mol. The number of nitro benzene ring substituents is 1. The van der Waals surface area contributed by atoms with Crippen LogP contribution in [-0.2, 0) is 10.0 Å². The van der Waals surface area contributed by atoms with Crippen LogP contribution in [0.4, 0.5) is 17.1 Å². The van der Waals surface area contributed by atoms with Crippen LogP contribution >= 0.6 is 11.6 Å². The van der Waals surface area contributed by atoms with Crippen LogP contribution in [0.15, 0.2) is 47.4 Å². The number of hydrogen-bond acceptors (Lipinski definition) is 6. The van der Waals surface area contributed by atoms with Gasteiger partial charge in [0.05, 0.1) is 15.5 Å². The first-order valence-corrected chi connectivity index (χ1v) is 10.1. The molecule has 0 bridgehead atoms. The number of nitro groups is 1. The number of nitrogens with zero attached hydrogens (tertiary/aromatic N) is 3. The lowest BCUT2D eigenvalue weighted by Crippen LogP contribution is -2.44. The first kappa shape index (κ1) is 19.4. The number of anilines is 2. The van der Waals surface area contributed by atoms with Crippen LogP contribution in [0.1, 0.15) is 0 Å². The second kappa shape index (κ2) is 7.71. The van der Waals surface area contributed by atoms with Gasteiger partial charge in [-0.05, 0) is 37.4 Å². The van der Waals surface area contributed by atoms with Crippen LogP contribution in [-0.4, -0.2) is 51.5 Å². The van der Waals surface area contributed by atoms with E-state index in [2.05, 4.69) is 9.62 Å². The lowest BCUT2D eigenvalue weighted by Gasteiger charge is -2.33. The molecule has 1 aliphatic rings. The van der Waals surface area contributed by atoms with E-state index in [1.165, 1.54) is 18.2 Å². The highest BCUT2D eigenvalue weighted by atomic mass is 35.5. The van der Waals surface area contributed by atoms with Crippen LogP contribution in [0.5, 0.6) is 0 Å². The largest absolute Gasteiger partial charge is 0.363 e. The third-order valence-electron chi connectivity index (χ3n) is 4.37. The molecule has 0 aromatic heterocycles. The number of likely N-dealkylation sites (N-methyl/N-ethyl adjacent to an activating group) is 1. The molecular formula is C17H19ClN4O4S. The lowest BCUT2D eigenvalue weighted by atomic mass is 10.2. The summed E-state index contributed by atoms with van der Waals surface area (Å²) in [7, 11) is -1.99. The van der Waals surface area contributed by atoms with E-state index < -0.39 is 14.9 Å². The fraction of sp³-hybridized carbons (Fsp3) is 0.294. The van der Waals surface area contributed by atoms with Crippen LogP contribution in [0.25, 0.3) is 0 Å². The third kappa shape index (κ3) is 4.49. The number of benzene rings is 2. The van der Waals surface area contributed by atoms with E-state index in [-0.39, 0.29) is 16.3 Å². The Balaban J connectivity index is 1.92. The summed E-state index contributed by atoms with van der Waals surface area (Å²) in [4.78, 5) is 14.9. The first-order chi connectivity index (χ1) is 12.8. The molecule has 144 valence electrons. The maximum Gasteiger partial charge on any atom is 0.293 e. The molecule has 0 spiro atoms. The van der Waals surface area contributed by atoms with E-state index in [1.807, 2.05) is 11.9 Å². The van der Waals surface area contributed by atoms with Crippen molar-refractivity contribution < 1.29 is 13.3 Å². The molecule has 1 heterocycles. The summed E-state index contributed by atoms with van der Waals surface area (Å²) >= 11 is 5.87. The molecule has 0 aliphatic carbocycles. The molecule has 0 unspecified atom stereocenters. The minimum atomic E-state index is -3.98. The van der Waals surface area contributed by atoms with Crippen molar-refractivity contribution >= 4 is 38.7 Å². The van der Waals surface area contributed by atoms with Crippen molar-refractivity contribution in [1.29, 1.82) is 0 Å². The number of piperazine rings is 1. The van der Waals surface area contributed by atoms with Gasteiger partial charge in [0.25, 0.3) is 15.7 Å². The molecule has 1 saturated heterocycles. The molecule has 2 aromatic rings. The van der Waals surface area contributed by atoms with E-state index in [4.69, 9.17) is 11.6 Å². The molecule has 0 atom stereocenters. The van der Waals surface area contributed by atoms with Crippen LogP contribution in [0.3, 0.4) is 0 Å². The molecule has 0 saturated carbocycles. The second-order valence-corrected chi connectivity index (χ2v) is 8.43. The quantitative estimate of drug-likeness (QED) is 0.601. The summed E-state index contributed by atoms with van der Waals surface area (Å²) in [6, 6.07) is 10.2. The van der Waals surface area contributed by atoms with Gasteiger partial charge in [-0.2, -0.15) is 0 Å². The Hall–Kier alpha value is -2.36. The summed E-state index contributed by atoms with van der Waals surface area (Å²) in [5.74, 6) is 0. The van der Waals surface area contributed by atoms with Crippen molar-refractivity contribution in [3.05, 3.63) is 57.6 Å². The molecule has 8 nitrogen and oxygen atoms in total. The SMILES string of the molecule is CN1CCN(c2ccc(S(=O)(=O)Nc3cccc(Cl)c3)cc2[N+](=O)[O-])CC1. The molecule has 0 amide bonds. The van der Waals surface area contributed by atoms with Gasteiger partial charge in [0.1, 0.15) is 5.69 Å². The van der Waals surface area contributed by atoms with E-state index >= 15 is 0 Å². The Morgan fingerprint density at radius 2 is 1.81 bits per heavy atom. The summed E-state index contributed by atoms with van der Waals surface area (Å²) in [6.07, 6.45) is 0. The molecule has 2 aromatic carbocycles. The van der Waals surface area contributed by atoms with Gasteiger partial charge in [-0.25, -0.2) is 8.42 Å². The minimum absolute atomic E-state index is 0.174. The topological polar surface area (TPSA) is 95.8 Å². The third-order valence-corrected chi connectivity index (χ3v) is 5.99. The molecule has 3 rings (SSSR count). The second-order valence-electron chi connectivity index (χ2n) is 6.31. The van der Waals surface area contributed by atoms with Gasteiger partial charge >= 0.3 is 0 Å². The Labute approximate surface area is 162 Å². The molecule has 1 fully saturated rings. The number of nitrogens with one attached hydrogen (secondary N) is 1. The van der Waals surface area contributed by atoms with Gasteiger partial charge in [0, 0.05) is 37.3 Å². The fourth-order valence-electron chi connectivity index (χ4n) is 2.90. The first-order valence-electron chi connectivity index (χ1n) is 8.26. The van der Waals surface area contributed by atoms with Crippen LogP contribution in [0, 0.1) is 10.1 Å². The standard InChI is InChI=1S/C17H19ClN4O4S/c1-20-7-9-21(10-8-20)16-6-5-15(12-17(16)22(23)24)27(25,26)19-14-4-2-3-13(18)11-14/h2-6,11-12,19H,7-10H2,1H3. The Morgan fingerprint density at radius 3 is 2.44 bits per heavy atom. The zero-order chi connectivity index (χ0) is 19.6. The van der Waals surface area contributed by atoms with E-state index in [0.29, 0.717) is 23.8 Å². The monoisotopic (exact) mass is 410 g/mol.